The third-order valence-corrected chi connectivity index (χ3v) is 5.43. The van der Waals surface area contributed by atoms with E-state index in [0.717, 1.165) is 10.5 Å². The van der Waals surface area contributed by atoms with Crippen LogP contribution in [0.4, 0.5) is 5.69 Å². The van der Waals surface area contributed by atoms with Crippen molar-refractivity contribution in [2.75, 3.05) is 11.9 Å². The number of likely N-dealkylation sites (N-methyl/N-ethyl adjacent to an activating group) is 1. The van der Waals surface area contributed by atoms with E-state index < -0.39 is 23.9 Å². The van der Waals surface area contributed by atoms with E-state index in [-0.39, 0.29) is 11.5 Å². The molecular formula is C26H22N2O5. The van der Waals surface area contributed by atoms with Crippen LogP contribution in [0.15, 0.2) is 78.9 Å². The van der Waals surface area contributed by atoms with Crippen molar-refractivity contribution in [1.29, 1.82) is 0 Å². The number of fused-ring (bicyclic) bond motifs is 1. The lowest BCUT2D eigenvalue weighted by Crippen LogP contribution is -2.37. The second kappa shape index (κ2) is 9.08. The number of ether oxygens (including phenoxy) is 1. The first-order valence-electron chi connectivity index (χ1n) is 10.4. The van der Waals surface area contributed by atoms with Gasteiger partial charge in [-0.25, -0.2) is 9.69 Å². The third kappa shape index (κ3) is 4.39. The van der Waals surface area contributed by atoms with Gasteiger partial charge in [0.15, 0.2) is 6.10 Å². The molecule has 0 radical (unpaired) electrons. The molecule has 7 heteroatoms. The van der Waals surface area contributed by atoms with Gasteiger partial charge in [-0.2, -0.15) is 0 Å². The molecule has 0 N–H and O–H groups in total. The Bertz CT molecular complexity index is 1190. The highest BCUT2D eigenvalue weighted by atomic mass is 16.5. The molecule has 3 aromatic rings. The number of hydrogen-bond acceptors (Lipinski definition) is 5. The van der Waals surface area contributed by atoms with E-state index >= 15 is 0 Å². The van der Waals surface area contributed by atoms with Crippen LogP contribution in [0.1, 0.15) is 43.6 Å². The normalized spacial score (nSPS) is 13.5. The summed E-state index contributed by atoms with van der Waals surface area (Å²) in [6.07, 6.45) is -0.970. The standard InChI is InChI=1S/C26H22N2O5/c1-17(23(29)27(2)16-18-8-4-3-5-9-18)33-26(32)19-12-14-20(15-13-19)28-24(30)21-10-6-7-11-22(21)25(28)31/h3-15,17H,16H2,1-2H3. The van der Waals surface area contributed by atoms with Gasteiger partial charge < -0.3 is 9.64 Å². The highest BCUT2D eigenvalue weighted by molar-refractivity contribution is 6.34. The van der Waals surface area contributed by atoms with Crippen LogP contribution in [0.2, 0.25) is 0 Å². The zero-order valence-electron chi connectivity index (χ0n) is 18.2. The van der Waals surface area contributed by atoms with Gasteiger partial charge in [-0.3, -0.25) is 14.4 Å². The average molecular weight is 442 g/mol. The van der Waals surface area contributed by atoms with E-state index in [0.29, 0.717) is 23.4 Å². The highest BCUT2D eigenvalue weighted by Gasteiger charge is 2.36. The van der Waals surface area contributed by atoms with Crippen LogP contribution in [0.25, 0.3) is 0 Å². The molecule has 1 unspecified atom stereocenters. The molecule has 1 aliphatic heterocycles. The summed E-state index contributed by atoms with van der Waals surface area (Å²) < 4.78 is 5.34. The minimum Gasteiger partial charge on any atom is -0.449 e. The number of anilines is 1. The van der Waals surface area contributed by atoms with E-state index in [4.69, 9.17) is 4.74 Å². The minimum atomic E-state index is -0.970. The zero-order valence-corrected chi connectivity index (χ0v) is 18.2. The number of hydrogen-bond donors (Lipinski definition) is 0. The maximum atomic E-state index is 12.6. The van der Waals surface area contributed by atoms with Gasteiger partial charge in [0.25, 0.3) is 17.7 Å². The van der Waals surface area contributed by atoms with Crippen molar-refractivity contribution in [2.24, 2.45) is 0 Å². The van der Waals surface area contributed by atoms with Crippen molar-refractivity contribution in [1.82, 2.24) is 4.90 Å². The SMILES string of the molecule is CC(OC(=O)c1ccc(N2C(=O)c3ccccc3C2=O)cc1)C(=O)N(C)Cc1ccccc1. The second-order valence-electron chi connectivity index (χ2n) is 7.77. The number of imide groups is 1. The Hall–Kier alpha value is -4.26. The molecule has 0 saturated carbocycles. The Balaban J connectivity index is 1.40. The van der Waals surface area contributed by atoms with Crippen LogP contribution in [0, 0.1) is 0 Å². The van der Waals surface area contributed by atoms with Crippen molar-refractivity contribution >= 4 is 29.4 Å². The summed E-state index contributed by atoms with van der Waals surface area (Å²) >= 11 is 0. The first kappa shape index (κ1) is 22.0. The summed E-state index contributed by atoms with van der Waals surface area (Å²) in [6, 6.07) is 22.1. The van der Waals surface area contributed by atoms with E-state index in [9.17, 15) is 19.2 Å². The molecule has 3 amide bonds. The maximum Gasteiger partial charge on any atom is 0.338 e. The molecule has 0 bridgehead atoms. The van der Waals surface area contributed by atoms with Gasteiger partial charge in [-0.05, 0) is 48.9 Å². The molecule has 33 heavy (non-hydrogen) atoms. The van der Waals surface area contributed by atoms with Crippen LogP contribution in [-0.4, -0.2) is 41.7 Å². The van der Waals surface area contributed by atoms with Crippen LogP contribution in [0.3, 0.4) is 0 Å². The van der Waals surface area contributed by atoms with Gasteiger partial charge in [-0.15, -0.1) is 0 Å². The molecule has 1 atom stereocenters. The Kier molecular flexibility index (Phi) is 6.04. The third-order valence-electron chi connectivity index (χ3n) is 5.43. The van der Waals surface area contributed by atoms with Gasteiger partial charge >= 0.3 is 5.97 Å². The number of carbonyl (C=O) groups is 4. The molecule has 0 aliphatic carbocycles. The Morgan fingerprint density at radius 1 is 0.848 bits per heavy atom. The Morgan fingerprint density at radius 3 is 1.97 bits per heavy atom. The first-order valence-corrected chi connectivity index (χ1v) is 10.4. The summed E-state index contributed by atoms with van der Waals surface area (Å²) in [5, 5.41) is 0. The first-order chi connectivity index (χ1) is 15.9. The van der Waals surface area contributed by atoms with Crippen molar-refractivity contribution in [3.8, 4) is 0 Å². The molecule has 0 saturated heterocycles. The number of carbonyl (C=O) groups excluding carboxylic acids is 4. The quantitative estimate of drug-likeness (QED) is 0.429. The van der Waals surface area contributed by atoms with E-state index in [2.05, 4.69) is 0 Å². The van der Waals surface area contributed by atoms with Crippen molar-refractivity contribution in [3.05, 3.63) is 101 Å². The number of esters is 1. The monoisotopic (exact) mass is 442 g/mol. The Morgan fingerprint density at radius 2 is 1.39 bits per heavy atom. The van der Waals surface area contributed by atoms with Crippen LogP contribution < -0.4 is 4.90 Å². The molecule has 0 spiro atoms. The molecule has 1 heterocycles. The average Bonchev–Trinajstić information content (AvgIpc) is 3.09. The predicted octanol–water partition coefficient (Wildman–Crippen LogP) is 3.69. The lowest BCUT2D eigenvalue weighted by Gasteiger charge is -2.21. The maximum absolute atomic E-state index is 12.6. The summed E-state index contributed by atoms with van der Waals surface area (Å²) in [5.41, 5.74) is 2.22. The lowest BCUT2D eigenvalue weighted by molar-refractivity contribution is -0.139. The largest absolute Gasteiger partial charge is 0.449 e. The molecule has 3 aromatic carbocycles. The topological polar surface area (TPSA) is 84.0 Å². The van der Waals surface area contributed by atoms with Crippen molar-refractivity contribution < 1.29 is 23.9 Å². The van der Waals surface area contributed by atoms with Gasteiger partial charge in [0, 0.05) is 13.6 Å². The number of rotatable bonds is 6. The van der Waals surface area contributed by atoms with Gasteiger partial charge in [0.2, 0.25) is 0 Å². The summed E-state index contributed by atoms with van der Waals surface area (Å²) in [6.45, 7) is 1.92. The molecule has 0 fully saturated rings. The number of benzene rings is 3. The molecule has 0 aromatic heterocycles. The lowest BCUT2D eigenvalue weighted by atomic mass is 10.1. The minimum absolute atomic E-state index is 0.209. The number of nitrogens with zero attached hydrogens (tertiary/aromatic N) is 2. The van der Waals surface area contributed by atoms with E-state index in [1.165, 1.54) is 36.1 Å². The van der Waals surface area contributed by atoms with Gasteiger partial charge in [0.1, 0.15) is 0 Å². The second-order valence-corrected chi connectivity index (χ2v) is 7.77. The fraction of sp³-hybridized carbons (Fsp3) is 0.154. The molecule has 166 valence electrons. The predicted molar refractivity (Wildman–Crippen MR) is 122 cm³/mol. The van der Waals surface area contributed by atoms with E-state index in [1.54, 1.807) is 31.3 Å². The summed E-state index contributed by atoms with van der Waals surface area (Å²) in [5.74, 6) is -1.81. The van der Waals surface area contributed by atoms with Crippen molar-refractivity contribution in [2.45, 2.75) is 19.6 Å². The van der Waals surface area contributed by atoms with E-state index in [1.807, 2.05) is 30.3 Å². The fourth-order valence-corrected chi connectivity index (χ4v) is 3.69. The van der Waals surface area contributed by atoms with Crippen LogP contribution >= 0.6 is 0 Å². The van der Waals surface area contributed by atoms with Gasteiger partial charge in [-0.1, -0.05) is 42.5 Å². The fourth-order valence-electron chi connectivity index (χ4n) is 3.69. The summed E-state index contributed by atoms with van der Waals surface area (Å²) in [4.78, 5) is 52.9. The smallest absolute Gasteiger partial charge is 0.338 e. The van der Waals surface area contributed by atoms with Crippen molar-refractivity contribution in [3.63, 3.8) is 0 Å². The van der Waals surface area contributed by atoms with Crippen LogP contribution in [-0.2, 0) is 16.1 Å². The highest BCUT2D eigenvalue weighted by Crippen LogP contribution is 2.28. The molecule has 7 nitrogen and oxygen atoms in total. The zero-order chi connectivity index (χ0) is 23.5. The summed E-state index contributed by atoms with van der Waals surface area (Å²) in [7, 11) is 1.65. The van der Waals surface area contributed by atoms with Crippen LogP contribution in [0.5, 0.6) is 0 Å². The van der Waals surface area contributed by atoms with Gasteiger partial charge in [0.05, 0.1) is 22.4 Å². The molecule has 1 aliphatic rings. The Labute approximate surface area is 191 Å². The molecule has 4 rings (SSSR count). The molecular weight excluding hydrogens is 420 g/mol. The number of amides is 3.